The number of rotatable bonds is 5. The van der Waals surface area contributed by atoms with E-state index in [1.165, 1.54) is 6.33 Å². The first-order valence-electron chi connectivity index (χ1n) is 7.17. The Morgan fingerprint density at radius 2 is 2.38 bits per heavy atom. The SMILES string of the molecule is COc1ncnc2c1nc(C(C)Cl)n2CCC1CCOC1. The summed E-state index contributed by atoms with van der Waals surface area (Å²) >= 11 is 6.27. The number of aromatic nitrogens is 4. The van der Waals surface area contributed by atoms with Crippen LogP contribution in [0.25, 0.3) is 11.2 Å². The highest BCUT2D eigenvalue weighted by Crippen LogP contribution is 2.28. The highest BCUT2D eigenvalue weighted by atomic mass is 35.5. The maximum Gasteiger partial charge on any atom is 0.245 e. The van der Waals surface area contributed by atoms with Crippen LogP contribution in [0.3, 0.4) is 0 Å². The van der Waals surface area contributed by atoms with E-state index in [9.17, 15) is 0 Å². The van der Waals surface area contributed by atoms with Crippen molar-refractivity contribution in [2.45, 2.75) is 31.7 Å². The van der Waals surface area contributed by atoms with Gasteiger partial charge in [0.2, 0.25) is 5.88 Å². The lowest BCUT2D eigenvalue weighted by molar-refractivity contribution is 0.183. The Morgan fingerprint density at radius 1 is 1.52 bits per heavy atom. The molecule has 1 fully saturated rings. The second kappa shape index (κ2) is 6.15. The summed E-state index contributed by atoms with van der Waals surface area (Å²) in [5.41, 5.74) is 1.45. The highest BCUT2D eigenvalue weighted by Gasteiger charge is 2.21. The summed E-state index contributed by atoms with van der Waals surface area (Å²) in [6.07, 6.45) is 3.66. The molecule has 0 spiro atoms. The summed E-state index contributed by atoms with van der Waals surface area (Å²) in [4.78, 5) is 13.0. The van der Waals surface area contributed by atoms with Crippen molar-refractivity contribution in [2.75, 3.05) is 20.3 Å². The van der Waals surface area contributed by atoms with Gasteiger partial charge in [0.05, 0.1) is 12.5 Å². The third-order valence-corrected chi connectivity index (χ3v) is 4.06. The molecule has 1 saturated heterocycles. The molecule has 2 aromatic heterocycles. The number of nitrogens with zero attached hydrogens (tertiary/aromatic N) is 4. The average Bonchev–Trinajstić information content (AvgIpc) is 3.11. The van der Waals surface area contributed by atoms with Gasteiger partial charge in [0.15, 0.2) is 11.2 Å². The zero-order valence-electron chi connectivity index (χ0n) is 12.3. The zero-order valence-corrected chi connectivity index (χ0v) is 13.0. The lowest BCUT2D eigenvalue weighted by atomic mass is 10.1. The Hall–Kier alpha value is -1.40. The molecule has 0 amide bonds. The molecule has 0 aliphatic carbocycles. The molecular formula is C14H19ClN4O2. The van der Waals surface area contributed by atoms with Crippen LogP contribution < -0.4 is 4.74 Å². The van der Waals surface area contributed by atoms with E-state index in [-0.39, 0.29) is 5.38 Å². The van der Waals surface area contributed by atoms with Crippen LogP contribution in [0.5, 0.6) is 5.88 Å². The quantitative estimate of drug-likeness (QED) is 0.794. The predicted octanol–water partition coefficient (Wildman–Crippen LogP) is 2.56. The van der Waals surface area contributed by atoms with E-state index in [0.29, 0.717) is 17.3 Å². The Balaban J connectivity index is 1.95. The molecule has 21 heavy (non-hydrogen) atoms. The molecule has 1 aliphatic heterocycles. The Bertz CT molecular complexity index is 623. The molecule has 2 aromatic rings. The minimum Gasteiger partial charge on any atom is -0.479 e. The Kier molecular flexibility index (Phi) is 4.26. The van der Waals surface area contributed by atoms with Gasteiger partial charge in [0.25, 0.3) is 0 Å². The van der Waals surface area contributed by atoms with Crippen molar-refractivity contribution in [3.8, 4) is 5.88 Å². The van der Waals surface area contributed by atoms with Gasteiger partial charge >= 0.3 is 0 Å². The van der Waals surface area contributed by atoms with Crippen LogP contribution in [0.1, 0.15) is 31.0 Å². The molecule has 0 N–H and O–H groups in total. The maximum atomic E-state index is 6.27. The smallest absolute Gasteiger partial charge is 0.245 e. The molecule has 0 radical (unpaired) electrons. The summed E-state index contributed by atoms with van der Waals surface area (Å²) in [5, 5.41) is -0.191. The largest absolute Gasteiger partial charge is 0.479 e. The number of imidazole rings is 1. The Labute approximate surface area is 128 Å². The number of alkyl halides is 1. The first-order chi connectivity index (χ1) is 10.2. The number of methoxy groups -OCH3 is 1. The lowest BCUT2D eigenvalue weighted by Crippen LogP contribution is -2.10. The van der Waals surface area contributed by atoms with Crippen LogP contribution in [-0.2, 0) is 11.3 Å². The van der Waals surface area contributed by atoms with E-state index in [1.54, 1.807) is 7.11 Å². The predicted molar refractivity (Wildman–Crippen MR) is 79.7 cm³/mol. The molecule has 0 bridgehead atoms. The van der Waals surface area contributed by atoms with Gasteiger partial charge in [-0.25, -0.2) is 9.97 Å². The van der Waals surface area contributed by atoms with E-state index in [4.69, 9.17) is 21.1 Å². The van der Waals surface area contributed by atoms with Gasteiger partial charge in [-0.15, -0.1) is 11.6 Å². The van der Waals surface area contributed by atoms with Gasteiger partial charge in [-0.2, -0.15) is 4.98 Å². The average molecular weight is 311 g/mol. The van der Waals surface area contributed by atoms with Crippen molar-refractivity contribution >= 4 is 22.8 Å². The first-order valence-corrected chi connectivity index (χ1v) is 7.61. The standard InChI is InChI=1S/C14H19ClN4O2/c1-9(15)12-18-11-13(16-8-17-14(11)20-2)19(12)5-3-10-4-6-21-7-10/h8-10H,3-7H2,1-2H3. The zero-order chi connectivity index (χ0) is 14.8. The number of hydrogen-bond donors (Lipinski definition) is 0. The Morgan fingerprint density at radius 3 is 3.05 bits per heavy atom. The number of ether oxygens (including phenoxy) is 2. The van der Waals surface area contributed by atoms with Crippen LogP contribution >= 0.6 is 11.6 Å². The normalized spacial score (nSPS) is 20.0. The third kappa shape index (κ3) is 2.82. The van der Waals surface area contributed by atoms with Crippen LogP contribution in [0, 0.1) is 5.92 Å². The summed E-state index contributed by atoms with van der Waals surface area (Å²) in [7, 11) is 1.58. The van der Waals surface area contributed by atoms with Crippen molar-refractivity contribution in [1.29, 1.82) is 0 Å². The van der Waals surface area contributed by atoms with Crippen LogP contribution in [0.4, 0.5) is 0 Å². The molecule has 114 valence electrons. The van der Waals surface area contributed by atoms with Crippen LogP contribution in [0.2, 0.25) is 0 Å². The molecule has 6 nitrogen and oxygen atoms in total. The van der Waals surface area contributed by atoms with Crippen LogP contribution in [0.15, 0.2) is 6.33 Å². The molecule has 2 atom stereocenters. The van der Waals surface area contributed by atoms with Crippen molar-refractivity contribution in [2.24, 2.45) is 5.92 Å². The van der Waals surface area contributed by atoms with Gasteiger partial charge in [-0.1, -0.05) is 0 Å². The molecule has 0 saturated carbocycles. The molecule has 0 aromatic carbocycles. The van der Waals surface area contributed by atoms with Gasteiger partial charge in [-0.3, -0.25) is 0 Å². The number of hydrogen-bond acceptors (Lipinski definition) is 5. The van der Waals surface area contributed by atoms with Crippen molar-refractivity contribution in [3.63, 3.8) is 0 Å². The fourth-order valence-electron chi connectivity index (χ4n) is 2.73. The molecular weight excluding hydrogens is 292 g/mol. The fraction of sp³-hybridized carbons (Fsp3) is 0.643. The maximum absolute atomic E-state index is 6.27. The number of halogens is 1. The summed E-state index contributed by atoms with van der Waals surface area (Å²) < 4.78 is 12.8. The van der Waals surface area contributed by atoms with E-state index >= 15 is 0 Å². The van der Waals surface area contributed by atoms with Gasteiger partial charge in [-0.05, 0) is 25.7 Å². The first kappa shape index (κ1) is 14.5. The topological polar surface area (TPSA) is 62.1 Å². The molecule has 7 heteroatoms. The number of aryl methyl sites for hydroxylation is 1. The molecule has 3 heterocycles. The third-order valence-electron chi connectivity index (χ3n) is 3.86. The summed E-state index contributed by atoms with van der Waals surface area (Å²) in [5.74, 6) is 1.90. The molecule has 2 unspecified atom stereocenters. The number of fused-ring (bicyclic) bond motifs is 1. The minimum atomic E-state index is -0.191. The lowest BCUT2D eigenvalue weighted by Gasteiger charge is -2.12. The van der Waals surface area contributed by atoms with Crippen molar-refractivity contribution < 1.29 is 9.47 Å². The molecule has 3 rings (SSSR count). The van der Waals surface area contributed by atoms with E-state index < -0.39 is 0 Å². The van der Waals surface area contributed by atoms with E-state index in [1.807, 2.05) is 6.92 Å². The second-order valence-corrected chi connectivity index (χ2v) is 5.97. The molecule has 1 aliphatic rings. The van der Waals surface area contributed by atoms with E-state index in [0.717, 1.165) is 44.1 Å². The van der Waals surface area contributed by atoms with Gasteiger partial charge in [0, 0.05) is 19.8 Å². The second-order valence-electron chi connectivity index (χ2n) is 5.31. The van der Waals surface area contributed by atoms with Gasteiger partial charge in [0.1, 0.15) is 12.2 Å². The van der Waals surface area contributed by atoms with E-state index in [2.05, 4.69) is 19.5 Å². The fourth-order valence-corrected chi connectivity index (χ4v) is 2.90. The van der Waals surface area contributed by atoms with Gasteiger partial charge < -0.3 is 14.0 Å². The van der Waals surface area contributed by atoms with Crippen LogP contribution in [-0.4, -0.2) is 39.8 Å². The monoisotopic (exact) mass is 310 g/mol. The summed E-state index contributed by atoms with van der Waals surface area (Å²) in [6.45, 7) is 4.45. The minimum absolute atomic E-state index is 0.191. The van der Waals surface area contributed by atoms with Crippen molar-refractivity contribution in [1.82, 2.24) is 19.5 Å². The van der Waals surface area contributed by atoms with Crippen molar-refractivity contribution in [3.05, 3.63) is 12.2 Å². The summed E-state index contributed by atoms with van der Waals surface area (Å²) in [6, 6.07) is 0. The highest BCUT2D eigenvalue weighted by molar-refractivity contribution is 6.20.